The summed E-state index contributed by atoms with van der Waals surface area (Å²) in [5, 5.41) is 10.8. The monoisotopic (exact) mass is 324 g/mol. The maximum atomic E-state index is 10.2. The molecule has 3 rings (SSSR count). The Kier molecular flexibility index (Phi) is 4.91. The summed E-state index contributed by atoms with van der Waals surface area (Å²) in [5.41, 5.74) is 3.00. The minimum Gasteiger partial charge on any atom is -0.384 e. The number of aliphatic hydroxyl groups is 1. The number of aromatic nitrogens is 2. The van der Waals surface area contributed by atoms with Gasteiger partial charge in [-0.2, -0.15) is 0 Å². The van der Waals surface area contributed by atoms with Crippen LogP contribution in [-0.4, -0.2) is 15.1 Å². The highest BCUT2D eigenvalue weighted by atomic mass is 35.5. The molecule has 0 aliphatic heterocycles. The van der Waals surface area contributed by atoms with Gasteiger partial charge in [0.2, 0.25) is 0 Å². The molecule has 0 aliphatic carbocycles. The van der Waals surface area contributed by atoms with Gasteiger partial charge >= 0.3 is 0 Å². The predicted octanol–water partition coefficient (Wildman–Crippen LogP) is 4.40. The van der Waals surface area contributed by atoms with Gasteiger partial charge in [0.25, 0.3) is 0 Å². The third-order valence-corrected chi connectivity index (χ3v) is 3.80. The molecule has 3 nitrogen and oxygen atoms in total. The molecule has 23 heavy (non-hydrogen) atoms. The van der Waals surface area contributed by atoms with Gasteiger partial charge in [-0.25, -0.2) is 4.98 Å². The Hall–Kier alpha value is -2.36. The zero-order valence-corrected chi connectivity index (χ0v) is 13.2. The van der Waals surface area contributed by atoms with Gasteiger partial charge in [0, 0.05) is 23.8 Å². The van der Waals surface area contributed by atoms with E-state index in [0.717, 1.165) is 23.4 Å². The van der Waals surface area contributed by atoms with E-state index in [0.29, 0.717) is 5.02 Å². The zero-order chi connectivity index (χ0) is 16.1. The van der Waals surface area contributed by atoms with Crippen molar-refractivity contribution in [2.45, 2.75) is 12.5 Å². The minimum absolute atomic E-state index is 0.622. The summed E-state index contributed by atoms with van der Waals surface area (Å²) in [6, 6.07) is 15.4. The van der Waals surface area contributed by atoms with E-state index in [1.165, 1.54) is 5.56 Å². The normalized spacial score (nSPS) is 12.6. The fraction of sp³-hybridized carbons (Fsp3) is 0.105. The quantitative estimate of drug-likeness (QED) is 0.730. The fourth-order valence-corrected chi connectivity index (χ4v) is 2.54. The van der Waals surface area contributed by atoms with Crippen LogP contribution in [0.1, 0.15) is 28.6 Å². The Morgan fingerprint density at radius 1 is 1.17 bits per heavy atom. The van der Waals surface area contributed by atoms with Gasteiger partial charge in [0.1, 0.15) is 5.82 Å². The number of nitrogens with one attached hydrogen (secondary N) is 1. The molecule has 0 bridgehead atoms. The van der Waals surface area contributed by atoms with Crippen LogP contribution in [0.3, 0.4) is 0 Å². The molecule has 4 heteroatoms. The number of halogens is 1. The number of benzene rings is 2. The van der Waals surface area contributed by atoms with Crippen molar-refractivity contribution >= 4 is 17.7 Å². The van der Waals surface area contributed by atoms with Crippen LogP contribution in [-0.2, 0) is 6.42 Å². The van der Waals surface area contributed by atoms with Crippen molar-refractivity contribution in [1.82, 2.24) is 9.97 Å². The Labute approximate surface area is 140 Å². The molecule has 3 aromatic rings. The smallest absolute Gasteiger partial charge is 0.110 e. The van der Waals surface area contributed by atoms with Crippen molar-refractivity contribution in [3.8, 4) is 0 Å². The predicted molar refractivity (Wildman–Crippen MR) is 93.3 cm³/mol. The second-order valence-electron chi connectivity index (χ2n) is 5.31. The number of aromatic amines is 1. The van der Waals surface area contributed by atoms with E-state index in [9.17, 15) is 5.11 Å². The lowest BCUT2D eigenvalue weighted by atomic mass is 10.1. The molecule has 1 unspecified atom stereocenters. The first-order valence-electron chi connectivity index (χ1n) is 7.39. The maximum absolute atomic E-state index is 10.2. The number of H-pyrrole nitrogens is 1. The van der Waals surface area contributed by atoms with Gasteiger partial charge in [0.05, 0.1) is 6.10 Å². The molecule has 2 aromatic carbocycles. The molecule has 0 saturated carbocycles. The van der Waals surface area contributed by atoms with Crippen molar-refractivity contribution in [2.24, 2.45) is 0 Å². The Bertz CT molecular complexity index is 779. The van der Waals surface area contributed by atoms with Crippen molar-refractivity contribution in [3.05, 3.63) is 94.5 Å². The second-order valence-corrected chi connectivity index (χ2v) is 5.75. The van der Waals surface area contributed by atoms with Gasteiger partial charge in [-0.05, 0) is 28.8 Å². The number of aliphatic hydroxyl groups excluding tert-OH is 1. The molecule has 1 heterocycles. The van der Waals surface area contributed by atoms with E-state index < -0.39 is 6.10 Å². The molecule has 0 radical (unpaired) electrons. The molecule has 0 amide bonds. The van der Waals surface area contributed by atoms with Crippen LogP contribution in [0.4, 0.5) is 0 Å². The topological polar surface area (TPSA) is 48.9 Å². The third-order valence-electron chi connectivity index (χ3n) is 3.57. The van der Waals surface area contributed by atoms with Crippen LogP contribution in [0, 0.1) is 0 Å². The Morgan fingerprint density at radius 2 is 2.00 bits per heavy atom. The Balaban J connectivity index is 1.65. The molecular weight excluding hydrogens is 308 g/mol. The molecule has 0 fully saturated rings. The second kappa shape index (κ2) is 7.27. The zero-order valence-electron chi connectivity index (χ0n) is 12.5. The van der Waals surface area contributed by atoms with Crippen molar-refractivity contribution in [3.63, 3.8) is 0 Å². The van der Waals surface area contributed by atoms with Gasteiger partial charge in [-0.3, -0.25) is 0 Å². The number of imidazole rings is 1. The van der Waals surface area contributed by atoms with Gasteiger partial charge < -0.3 is 10.1 Å². The molecule has 1 atom stereocenters. The summed E-state index contributed by atoms with van der Waals surface area (Å²) < 4.78 is 0. The lowest BCUT2D eigenvalue weighted by molar-refractivity contribution is 0.229. The summed E-state index contributed by atoms with van der Waals surface area (Å²) in [5.74, 6) is 0.949. The highest BCUT2D eigenvalue weighted by Gasteiger charge is 2.03. The van der Waals surface area contributed by atoms with E-state index in [2.05, 4.69) is 22.1 Å². The van der Waals surface area contributed by atoms with Crippen LogP contribution in [0.15, 0.2) is 67.0 Å². The van der Waals surface area contributed by atoms with Crippen molar-refractivity contribution in [1.29, 1.82) is 0 Å². The molecule has 0 saturated heterocycles. The summed E-state index contributed by atoms with van der Waals surface area (Å²) >= 11 is 5.94. The number of hydrogen-bond acceptors (Lipinski definition) is 2. The van der Waals surface area contributed by atoms with Gasteiger partial charge in [-0.1, -0.05) is 60.2 Å². The average molecular weight is 325 g/mol. The molecule has 0 spiro atoms. The number of nitrogens with zero attached hydrogens (tertiary/aromatic N) is 1. The van der Waals surface area contributed by atoms with Crippen LogP contribution in [0.5, 0.6) is 0 Å². The number of rotatable bonds is 5. The highest BCUT2D eigenvalue weighted by molar-refractivity contribution is 6.30. The Morgan fingerprint density at radius 3 is 2.70 bits per heavy atom. The lowest BCUT2D eigenvalue weighted by Gasteiger charge is -2.06. The summed E-state index contributed by atoms with van der Waals surface area (Å²) in [7, 11) is 0. The first-order valence-corrected chi connectivity index (χ1v) is 7.77. The van der Waals surface area contributed by atoms with E-state index in [-0.39, 0.29) is 0 Å². The van der Waals surface area contributed by atoms with Crippen LogP contribution in [0.2, 0.25) is 5.02 Å². The minimum atomic E-state index is -0.670. The van der Waals surface area contributed by atoms with Crippen LogP contribution >= 0.6 is 11.6 Å². The standard InChI is InChI=1S/C19H17ClN2O/c20-17-3-1-2-16(13-17)18(23)9-8-14-4-6-15(7-5-14)12-19-21-10-11-22-19/h1-11,13,18,23H,12H2,(H,21,22). The van der Waals surface area contributed by atoms with E-state index in [1.807, 2.05) is 36.5 Å². The van der Waals surface area contributed by atoms with Crippen LogP contribution in [0.25, 0.3) is 6.08 Å². The van der Waals surface area contributed by atoms with Gasteiger partial charge in [-0.15, -0.1) is 0 Å². The number of hydrogen-bond donors (Lipinski definition) is 2. The van der Waals surface area contributed by atoms with Crippen molar-refractivity contribution in [2.75, 3.05) is 0 Å². The molecule has 2 N–H and O–H groups in total. The molecular formula is C19H17ClN2O. The first kappa shape index (κ1) is 15.5. The largest absolute Gasteiger partial charge is 0.384 e. The summed E-state index contributed by atoms with van der Waals surface area (Å²) in [4.78, 5) is 7.31. The average Bonchev–Trinajstić information content (AvgIpc) is 3.07. The van der Waals surface area contributed by atoms with E-state index >= 15 is 0 Å². The highest BCUT2D eigenvalue weighted by Crippen LogP contribution is 2.20. The SMILES string of the molecule is OC(C=Cc1ccc(Cc2ncc[nH]2)cc1)c1cccc(Cl)c1. The van der Waals surface area contributed by atoms with E-state index in [4.69, 9.17) is 11.6 Å². The molecule has 116 valence electrons. The fourth-order valence-electron chi connectivity index (χ4n) is 2.34. The third kappa shape index (κ3) is 4.31. The van der Waals surface area contributed by atoms with Crippen LogP contribution < -0.4 is 0 Å². The van der Waals surface area contributed by atoms with Crippen molar-refractivity contribution < 1.29 is 5.11 Å². The van der Waals surface area contributed by atoms with Gasteiger partial charge in [0.15, 0.2) is 0 Å². The molecule has 1 aromatic heterocycles. The van der Waals surface area contributed by atoms with E-state index in [1.54, 1.807) is 24.4 Å². The maximum Gasteiger partial charge on any atom is 0.110 e. The first-order chi connectivity index (χ1) is 11.2. The molecule has 0 aliphatic rings. The summed E-state index contributed by atoms with van der Waals surface area (Å²) in [6.45, 7) is 0. The lowest BCUT2D eigenvalue weighted by Crippen LogP contribution is -1.92. The summed E-state index contributed by atoms with van der Waals surface area (Å²) in [6.07, 6.45) is 7.35.